The summed E-state index contributed by atoms with van der Waals surface area (Å²) in [4.78, 5) is 31.1. The third kappa shape index (κ3) is 6.13. The van der Waals surface area contributed by atoms with Crippen molar-refractivity contribution < 1.29 is 19.1 Å². The van der Waals surface area contributed by atoms with Crippen molar-refractivity contribution in [2.45, 2.75) is 32.6 Å². The Kier molecular flexibility index (Phi) is 7.88. The number of nitrogens with zero attached hydrogens (tertiary/aromatic N) is 4. The molecule has 38 heavy (non-hydrogen) atoms. The van der Waals surface area contributed by atoms with Crippen LogP contribution in [0.1, 0.15) is 36.8 Å². The van der Waals surface area contributed by atoms with Crippen molar-refractivity contribution in [2.75, 3.05) is 26.3 Å². The van der Waals surface area contributed by atoms with E-state index >= 15 is 0 Å². The van der Waals surface area contributed by atoms with Gasteiger partial charge in [-0.1, -0.05) is 29.8 Å². The molecule has 196 valence electrons. The second-order valence-corrected chi connectivity index (χ2v) is 10.3. The maximum atomic E-state index is 12.7. The highest BCUT2D eigenvalue weighted by Crippen LogP contribution is 2.30. The number of ether oxygens (including phenoxy) is 2. The Bertz CT molecular complexity index is 1310. The molecule has 3 heterocycles. The normalized spacial score (nSPS) is 18.0. The number of hydrazone groups is 1. The highest BCUT2D eigenvalue weighted by molar-refractivity contribution is 8.27. The van der Waals surface area contributed by atoms with Gasteiger partial charge in [-0.3, -0.25) is 15.0 Å². The van der Waals surface area contributed by atoms with Gasteiger partial charge < -0.3 is 14.4 Å². The molecule has 0 atom stereocenters. The first-order chi connectivity index (χ1) is 18.5. The van der Waals surface area contributed by atoms with E-state index in [0.717, 1.165) is 43.7 Å². The lowest BCUT2D eigenvalue weighted by Crippen LogP contribution is -2.35. The van der Waals surface area contributed by atoms with Crippen molar-refractivity contribution in [3.05, 3.63) is 65.2 Å². The topological polar surface area (TPSA) is 108 Å². The standard InChI is InChI=1S/C28H29N5O4S/c1-19-5-9-21(10-6-19)36-15-4-16-37-22-11-7-20(8-12-22)17-23-26(29)33-28(30-27(23)35)38-24(31-33)18-25(34)32-13-2-3-14-32/h5-12,17,29H,2-4,13-16,18H2,1H3. The van der Waals surface area contributed by atoms with Crippen molar-refractivity contribution in [3.63, 3.8) is 0 Å². The number of amidine groups is 2. The summed E-state index contributed by atoms with van der Waals surface area (Å²) in [7, 11) is 0. The number of thioether (sulfide) groups is 1. The molecule has 0 spiro atoms. The van der Waals surface area contributed by atoms with Gasteiger partial charge in [-0.15, -0.1) is 0 Å². The van der Waals surface area contributed by atoms with E-state index in [4.69, 9.17) is 14.9 Å². The number of fused-ring (bicyclic) bond motifs is 1. The molecule has 0 bridgehead atoms. The summed E-state index contributed by atoms with van der Waals surface area (Å²) in [5.74, 6) is 1.02. The quantitative estimate of drug-likeness (QED) is 0.378. The second kappa shape index (κ2) is 11.6. The largest absolute Gasteiger partial charge is 0.493 e. The van der Waals surface area contributed by atoms with Gasteiger partial charge in [0.1, 0.15) is 16.5 Å². The Labute approximate surface area is 225 Å². The summed E-state index contributed by atoms with van der Waals surface area (Å²) >= 11 is 1.17. The highest BCUT2D eigenvalue weighted by Gasteiger charge is 2.36. The molecule has 0 unspecified atom stereocenters. The fourth-order valence-corrected chi connectivity index (χ4v) is 5.09. The van der Waals surface area contributed by atoms with Gasteiger partial charge in [0, 0.05) is 19.5 Å². The Morgan fingerprint density at radius 1 is 1.03 bits per heavy atom. The minimum absolute atomic E-state index is 0.0175. The van der Waals surface area contributed by atoms with Gasteiger partial charge in [-0.05, 0) is 67.4 Å². The molecule has 0 radical (unpaired) electrons. The van der Waals surface area contributed by atoms with E-state index in [-0.39, 0.29) is 23.7 Å². The minimum atomic E-state index is -0.495. The van der Waals surface area contributed by atoms with Gasteiger partial charge in [0.05, 0.1) is 25.2 Å². The van der Waals surface area contributed by atoms with Crippen LogP contribution in [0.2, 0.25) is 0 Å². The SMILES string of the molecule is Cc1ccc(OCCCOc2ccc(C=C3C(=N)N4N=C(CC(=O)N5CCCC5)SC4=NC3=O)cc2)cc1. The van der Waals surface area contributed by atoms with Crippen LogP contribution in [-0.2, 0) is 9.59 Å². The van der Waals surface area contributed by atoms with Gasteiger partial charge in [0.15, 0.2) is 5.84 Å². The van der Waals surface area contributed by atoms with Gasteiger partial charge >= 0.3 is 0 Å². The molecule has 9 nitrogen and oxygen atoms in total. The van der Waals surface area contributed by atoms with Crippen molar-refractivity contribution in [3.8, 4) is 11.5 Å². The van der Waals surface area contributed by atoms with Crippen LogP contribution in [0.3, 0.4) is 0 Å². The summed E-state index contributed by atoms with van der Waals surface area (Å²) in [6.07, 6.45) is 4.56. The minimum Gasteiger partial charge on any atom is -0.493 e. The molecule has 10 heteroatoms. The van der Waals surface area contributed by atoms with Crippen molar-refractivity contribution in [1.82, 2.24) is 9.91 Å². The van der Waals surface area contributed by atoms with E-state index < -0.39 is 5.91 Å². The van der Waals surface area contributed by atoms with Crippen molar-refractivity contribution in [2.24, 2.45) is 10.1 Å². The summed E-state index contributed by atoms with van der Waals surface area (Å²) in [6, 6.07) is 15.2. The number of hydrogen-bond acceptors (Lipinski definition) is 7. The maximum Gasteiger partial charge on any atom is 0.283 e. The van der Waals surface area contributed by atoms with Crippen LogP contribution in [0.5, 0.6) is 11.5 Å². The smallest absolute Gasteiger partial charge is 0.283 e. The number of likely N-dealkylation sites (tertiary alicyclic amines) is 1. The predicted molar refractivity (Wildman–Crippen MR) is 149 cm³/mol. The molecule has 3 aliphatic heterocycles. The zero-order valence-corrected chi connectivity index (χ0v) is 22.0. The van der Waals surface area contributed by atoms with Crippen molar-refractivity contribution in [1.29, 1.82) is 5.41 Å². The number of rotatable bonds is 9. The molecular formula is C28H29N5O4S. The zero-order chi connectivity index (χ0) is 26.5. The molecule has 1 saturated heterocycles. The van der Waals surface area contributed by atoms with Crippen LogP contribution < -0.4 is 9.47 Å². The lowest BCUT2D eigenvalue weighted by Gasteiger charge is -2.20. The van der Waals surface area contributed by atoms with E-state index in [0.29, 0.717) is 29.2 Å². The average Bonchev–Trinajstić information content (AvgIpc) is 3.59. The summed E-state index contributed by atoms with van der Waals surface area (Å²) in [5, 5.41) is 15.1. The fourth-order valence-electron chi connectivity index (χ4n) is 4.21. The molecule has 5 rings (SSSR count). The van der Waals surface area contributed by atoms with E-state index in [2.05, 4.69) is 10.1 Å². The zero-order valence-electron chi connectivity index (χ0n) is 21.2. The Morgan fingerprint density at radius 2 is 1.66 bits per heavy atom. The van der Waals surface area contributed by atoms with Crippen LogP contribution in [0, 0.1) is 12.3 Å². The monoisotopic (exact) mass is 531 g/mol. The van der Waals surface area contributed by atoms with Crippen LogP contribution in [0.15, 0.2) is 64.2 Å². The first-order valence-electron chi connectivity index (χ1n) is 12.7. The number of aliphatic imine (C=N–C) groups is 1. The molecule has 2 aromatic rings. The third-order valence-electron chi connectivity index (χ3n) is 6.30. The average molecular weight is 532 g/mol. The Hall–Kier alpha value is -3.92. The summed E-state index contributed by atoms with van der Waals surface area (Å²) in [6.45, 7) is 4.66. The second-order valence-electron chi connectivity index (χ2n) is 9.21. The number of aryl methyl sites for hydroxylation is 1. The molecule has 1 fully saturated rings. The number of carbonyl (C=O) groups is 2. The predicted octanol–water partition coefficient (Wildman–Crippen LogP) is 4.47. The first kappa shape index (κ1) is 25.7. The fraction of sp³-hybridized carbons (Fsp3) is 0.321. The van der Waals surface area contributed by atoms with E-state index in [9.17, 15) is 9.59 Å². The number of carbonyl (C=O) groups excluding carboxylic acids is 2. The van der Waals surface area contributed by atoms with E-state index in [1.54, 1.807) is 6.08 Å². The maximum absolute atomic E-state index is 12.7. The number of nitrogens with one attached hydrogen (secondary N) is 1. The van der Waals surface area contributed by atoms with E-state index in [1.165, 1.54) is 22.3 Å². The molecule has 0 saturated carbocycles. The summed E-state index contributed by atoms with van der Waals surface area (Å²) < 4.78 is 11.5. The van der Waals surface area contributed by atoms with Gasteiger partial charge in [0.25, 0.3) is 5.91 Å². The van der Waals surface area contributed by atoms with Crippen LogP contribution in [-0.4, -0.2) is 64.1 Å². The highest BCUT2D eigenvalue weighted by atomic mass is 32.2. The van der Waals surface area contributed by atoms with Crippen LogP contribution in [0.25, 0.3) is 6.08 Å². The van der Waals surface area contributed by atoms with Crippen LogP contribution >= 0.6 is 11.8 Å². The Morgan fingerprint density at radius 3 is 2.32 bits per heavy atom. The number of hydrogen-bond donors (Lipinski definition) is 1. The molecule has 2 aromatic carbocycles. The molecule has 1 N–H and O–H groups in total. The number of benzene rings is 2. The third-order valence-corrected chi connectivity index (χ3v) is 7.20. The van der Waals surface area contributed by atoms with Crippen molar-refractivity contribution >= 4 is 45.7 Å². The van der Waals surface area contributed by atoms with Gasteiger partial charge in [0.2, 0.25) is 11.1 Å². The summed E-state index contributed by atoms with van der Waals surface area (Å²) in [5.41, 5.74) is 2.08. The molecule has 0 aliphatic carbocycles. The van der Waals surface area contributed by atoms with Gasteiger partial charge in [-0.25, -0.2) is 0 Å². The van der Waals surface area contributed by atoms with Gasteiger partial charge in [-0.2, -0.15) is 15.1 Å². The first-order valence-corrected chi connectivity index (χ1v) is 13.5. The Balaban J connectivity index is 1.14. The van der Waals surface area contributed by atoms with Crippen LogP contribution in [0.4, 0.5) is 0 Å². The lowest BCUT2D eigenvalue weighted by molar-refractivity contribution is -0.128. The number of amides is 2. The lowest BCUT2D eigenvalue weighted by atomic mass is 10.1. The molecule has 0 aromatic heterocycles. The molecule has 3 aliphatic rings. The van der Waals surface area contributed by atoms with E-state index in [1.807, 2.05) is 60.4 Å². The molecular weight excluding hydrogens is 502 g/mol. The molecule has 2 amide bonds.